The molecule has 0 spiro atoms. The molecule has 0 N–H and O–H groups in total. The van der Waals surface area contributed by atoms with E-state index < -0.39 is 15.8 Å². The summed E-state index contributed by atoms with van der Waals surface area (Å²) in [5.41, 5.74) is 3.19. The van der Waals surface area contributed by atoms with Crippen LogP contribution in [0.2, 0.25) is 0 Å². The second-order valence-electron chi connectivity index (χ2n) is 8.23. The lowest BCUT2D eigenvalue weighted by atomic mass is 9.92. The van der Waals surface area contributed by atoms with Gasteiger partial charge in [-0.3, -0.25) is 4.79 Å². The molecule has 4 rings (SSSR count). The highest BCUT2D eigenvalue weighted by atomic mass is 32.2. The molecule has 2 aromatic carbocycles. The molecule has 0 bridgehead atoms. The van der Waals surface area contributed by atoms with Gasteiger partial charge in [0.2, 0.25) is 15.9 Å². The number of carbonyl (C=O) groups excluding carboxylic acids is 1. The summed E-state index contributed by atoms with van der Waals surface area (Å²) in [4.78, 5) is 16.5. The van der Waals surface area contributed by atoms with Crippen molar-refractivity contribution in [3.63, 3.8) is 0 Å². The Balaban J connectivity index is 1.64. The molecule has 2 heterocycles. The molecule has 1 amide bonds. The second-order valence-corrected chi connectivity index (χ2v) is 11.2. The highest BCUT2D eigenvalue weighted by molar-refractivity contribution is 7.89. The Bertz CT molecular complexity index is 1240. The number of sulfonamides is 1. The van der Waals surface area contributed by atoms with Gasteiger partial charge in [-0.15, -0.1) is 11.3 Å². The molecule has 0 saturated heterocycles. The number of thiophene rings is 1. The first kappa shape index (κ1) is 24.5. The molecular weight excluding hydrogens is 475 g/mol. The summed E-state index contributed by atoms with van der Waals surface area (Å²) in [6.07, 6.45) is 0.726. The van der Waals surface area contributed by atoms with Gasteiger partial charge in [0.05, 0.1) is 24.1 Å². The van der Waals surface area contributed by atoms with Crippen LogP contribution in [-0.4, -0.2) is 56.9 Å². The molecule has 1 atom stereocenters. The van der Waals surface area contributed by atoms with Gasteiger partial charge >= 0.3 is 0 Å². The van der Waals surface area contributed by atoms with E-state index in [2.05, 4.69) is 0 Å². The van der Waals surface area contributed by atoms with Gasteiger partial charge < -0.3 is 9.64 Å². The molecule has 6 nitrogen and oxygen atoms in total. The number of hydrogen-bond donors (Lipinski definition) is 0. The first-order valence-corrected chi connectivity index (χ1v) is 13.3. The molecule has 9 heteroatoms. The van der Waals surface area contributed by atoms with E-state index in [1.165, 1.54) is 24.1 Å². The van der Waals surface area contributed by atoms with Crippen LogP contribution in [0.3, 0.4) is 0 Å². The lowest BCUT2D eigenvalue weighted by molar-refractivity contribution is -0.133. The Kier molecular flexibility index (Phi) is 7.47. The van der Waals surface area contributed by atoms with Gasteiger partial charge in [0.25, 0.3) is 0 Å². The van der Waals surface area contributed by atoms with Gasteiger partial charge in [0, 0.05) is 25.1 Å². The maximum Gasteiger partial charge on any atom is 0.243 e. The molecule has 0 fully saturated rings. The summed E-state index contributed by atoms with van der Waals surface area (Å²) in [7, 11) is -2.55. The highest BCUT2D eigenvalue weighted by Crippen LogP contribution is 2.38. The fraction of sp³-hybridized carbons (Fsp3) is 0.320. The van der Waals surface area contributed by atoms with Crippen molar-refractivity contribution in [3.05, 3.63) is 87.4 Å². The molecule has 3 aromatic rings. The lowest BCUT2D eigenvalue weighted by Gasteiger charge is -2.37. The maximum absolute atomic E-state index is 13.6. The summed E-state index contributed by atoms with van der Waals surface area (Å²) in [6, 6.07) is 14.5. The van der Waals surface area contributed by atoms with Crippen LogP contribution in [-0.2, 0) is 26.0 Å². The molecule has 1 aliphatic heterocycles. The Morgan fingerprint density at radius 1 is 1.15 bits per heavy atom. The summed E-state index contributed by atoms with van der Waals surface area (Å²) in [6.45, 7) is 2.32. The van der Waals surface area contributed by atoms with Crippen LogP contribution in [0.5, 0.6) is 0 Å². The number of hydrogen-bond acceptors (Lipinski definition) is 5. The van der Waals surface area contributed by atoms with Crippen LogP contribution in [0.4, 0.5) is 4.39 Å². The summed E-state index contributed by atoms with van der Waals surface area (Å²) >= 11 is 1.68. The SMILES string of the molecule is COCCN(CC(=O)N1CCc2sccc2C1c1ccc(C)cc1)S(=O)(=O)c1ccc(F)cc1. The summed E-state index contributed by atoms with van der Waals surface area (Å²) in [5.74, 6) is -0.816. The smallest absolute Gasteiger partial charge is 0.243 e. The van der Waals surface area contributed by atoms with Crippen molar-refractivity contribution in [1.82, 2.24) is 9.21 Å². The van der Waals surface area contributed by atoms with Crippen molar-refractivity contribution in [2.24, 2.45) is 0 Å². The standard InChI is InChI=1S/C25H27FN2O4S2/c1-18-3-5-19(6-4-18)25-22-12-16-33-23(22)11-13-28(25)24(29)17-27(14-15-32-2)34(30,31)21-9-7-20(26)8-10-21/h3-10,12,16,25H,11,13-15,17H2,1-2H3. The van der Waals surface area contributed by atoms with Gasteiger partial charge in [-0.1, -0.05) is 29.8 Å². The fourth-order valence-electron chi connectivity index (χ4n) is 4.17. The number of fused-ring (bicyclic) bond motifs is 1. The average molecular weight is 503 g/mol. The van der Waals surface area contributed by atoms with Gasteiger partial charge in [-0.25, -0.2) is 12.8 Å². The van der Waals surface area contributed by atoms with E-state index in [1.807, 2.05) is 42.6 Å². The quantitative estimate of drug-likeness (QED) is 0.467. The molecule has 180 valence electrons. The molecule has 0 saturated carbocycles. The number of methoxy groups -OCH3 is 1. The zero-order valence-electron chi connectivity index (χ0n) is 19.1. The predicted molar refractivity (Wildman–Crippen MR) is 130 cm³/mol. The molecule has 1 aromatic heterocycles. The molecule has 0 radical (unpaired) electrons. The Morgan fingerprint density at radius 3 is 2.53 bits per heavy atom. The molecule has 0 aliphatic carbocycles. The van der Waals surface area contributed by atoms with E-state index in [0.29, 0.717) is 6.54 Å². The van der Waals surface area contributed by atoms with Crippen LogP contribution >= 0.6 is 11.3 Å². The molecule has 34 heavy (non-hydrogen) atoms. The average Bonchev–Trinajstić information content (AvgIpc) is 3.31. The van der Waals surface area contributed by atoms with E-state index in [-0.39, 0.29) is 36.5 Å². The topological polar surface area (TPSA) is 66.9 Å². The van der Waals surface area contributed by atoms with E-state index in [0.717, 1.165) is 39.5 Å². The Labute approximate surface area is 203 Å². The van der Waals surface area contributed by atoms with E-state index >= 15 is 0 Å². The number of aryl methyl sites for hydroxylation is 1. The first-order valence-electron chi connectivity index (χ1n) is 11.0. The maximum atomic E-state index is 13.6. The van der Waals surface area contributed by atoms with Crippen molar-refractivity contribution >= 4 is 27.3 Å². The van der Waals surface area contributed by atoms with E-state index in [4.69, 9.17) is 4.74 Å². The number of ether oxygens (including phenoxy) is 1. The molecule has 1 aliphatic rings. The van der Waals surface area contributed by atoms with Crippen LogP contribution in [0.15, 0.2) is 64.9 Å². The summed E-state index contributed by atoms with van der Waals surface area (Å²) < 4.78 is 46.2. The predicted octanol–water partition coefficient (Wildman–Crippen LogP) is 4.01. The number of benzene rings is 2. The molecule has 1 unspecified atom stereocenters. The third-order valence-electron chi connectivity index (χ3n) is 5.99. The minimum atomic E-state index is -4.02. The number of rotatable bonds is 8. The Hall–Kier alpha value is -2.59. The normalized spacial score (nSPS) is 16.0. The van der Waals surface area contributed by atoms with Gasteiger partial charge in [0.15, 0.2) is 0 Å². The van der Waals surface area contributed by atoms with Crippen molar-refractivity contribution < 1.29 is 22.3 Å². The minimum absolute atomic E-state index is 0.00862. The minimum Gasteiger partial charge on any atom is -0.383 e. The van der Waals surface area contributed by atoms with Crippen LogP contribution in [0, 0.1) is 12.7 Å². The first-order chi connectivity index (χ1) is 16.3. The second kappa shape index (κ2) is 10.4. The van der Waals surface area contributed by atoms with E-state index in [1.54, 1.807) is 16.2 Å². The van der Waals surface area contributed by atoms with Gasteiger partial charge in [-0.2, -0.15) is 4.31 Å². The number of amides is 1. The number of nitrogens with zero attached hydrogens (tertiary/aromatic N) is 2. The van der Waals surface area contributed by atoms with Crippen molar-refractivity contribution in [2.75, 3.05) is 33.4 Å². The summed E-state index contributed by atoms with van der Waals surface area (Å²) in [5, 5.41) is 2.03. The van der Waals surface area contributed by atoms with Crippen LogP contribution in [0.1, 0.15) is 27.6 Å². The van der Waals surface area contributed by atoms with Gasteiger partial charge in [-0.05, 0) is 60.2 Å². The third-order valence-corrected chi connectivity index (χ3v) is 8.84. The highest BCUT2D eigenvalue weighted by Gasteiger charge is 2.35. The Morgan fingerprint density at radius 2 is 1.85 bits per heavy atom. The zero-order chi connectivity index (χ0) is 24.3. The number of carbonyl (C=O) groups is 1. The molecular formula is C25H27FN2O4S2. The van der Waals surface area contributed by atoms with Crippen molar-refractivity contribution in [1.29, 1.82) is 0 Å². The monoisotopic (exact) mass is 502 g/mol. The van der Waals surface area contributed by atoms with Crippen LogP contribution < -0.4 is 0 Å². The number of halogens is 1. The lowest BCUT2D eigenvalue weighted by Crippen LogP contribution is -2.47. The van der Waals surface area contributed by atoms with Gasteiger partial charge in [0.1, 0.15) is 5.82 Å². The largest absolute Gasteiger partial charge is 0.383 e. The third kappa shape index (κ3) is 5.07. The van der Waals surface area contributed by atoms with Crippen molar-refractivity contribution in [2.45, 2.75) is 24.3 Å². The van der Waals surface area contributed by atoms with Crippen LogP contribution in [0.25, 0.3) is 0 Å². The zero-order valence-corrected chi connectivity index (χ0v) is 20.7. The van der Waals surface area contributed by atoms with E-state index in [9.17, 15) is 17.6 Å². The fourth-order valence-corrected chi connectivity index (χ4v) is 6.45. The van der Waals surface area contributed by atoms with Crippen molar-refractivity contribution in [3.8, 4) is 0 Å².